The number of fused-ring (bicyclic) bond motifs is 1. The number of thioether (sulfide) groups is 1. The summed E-state index contributed by atoms with van der Waals surface area (Å²) in [6, 6.07) is 19.4. The second-order valence-electron chi connectivity index (χ2n) is 6.61. The first-order valence-corrected chi connectivity index (χ1v) is 11.2. The first kappa shape index (κ1) is 20.4. The van der Waals surface area contributed by atoms with E-state index in [4.69, 9.17) is 4.74 Å². The second-order valence-corrected chi connectivity index (χ2v) is 8.98. The van der Waals surface area contributed by atoms with Gasteiger partial charge in [-0.05, 0) is 55.0 Å². The molecule has 0 aliphatic heterocycles. The maximum Gasteiger partial charge on any atom is 0.258 e. The molecule has 0 saturated heterocycles. The first-order chi connectivity index (χ1) is 14.6. The number of hydrogen-bond acceptors (Lipinski definition) is 5. The Morgan fingerprint density at radius 2 is 2.00 bits per heavy atom. The predicted molar refractivity (Wildman–Crippen MR) is 121 cm³/mol. The van der Waals surface area contributed by atoms with Gasteiger partial charge in [0.2, 0.25) is 0 Å². The molecule has 1 amide bonds. The van der Waals surface area contributed by atoms with E-state index in [-0.39, 0.29) is 5.56 Å². The Morgan fingerprint density at radius 3 is 2.83 bits per heavy atom. The molecule has 0 aliphatic carbocycles. The molecule has 1 heterocycles. The minimum absolute atomic E-state index is 0.0201. The van der Waals surface area contributed by atoms with Gasteiger partial charge in [0.15, 0.2) is 4.34 Å². The van der Waals surface area contributed by atoms with Crippen LogP contribution in [0.15, 0.2) is 71.1 Å². The molecule has 0 radical (unpaired) electrons. The maximum absolute atomic E-state index is 13.8. The zero-order chi connectivity index (χ0) is 20.9. The van der Waals surface area contributed by atoms with Crippen LogP contribution in [0, 0.1) is 12.7 Å². The van der Waals surface area contributed by atoms with E-state index >= 15 is 0 Å². The molecule has 4 rings (SSSR count). The van der Waals surface area contributed by atoms with Gasteiger partial charge in [-0.3, -0.25) is 4.79 Å². The molecule has 0 fully saturated rings. The average molecular weight is 439 g/mol. The smallest absolute Gasteiger partial charge is 0.258 e. The van der Waals surface area contributed by atoms with Gasteiger partial charge in [-0.1, -0.05) is 36.0 Å². The third-order valence-corrected chi connectivity index (χ3v) is 6.44. The molecule has 0 spiro atoms. The van der Waals surface area contributed by atoms with Gasteiger partial charge in [-0.2, -0.15) is 0 Å². The fourth-order valence-electron chi connectivity index (χ4n) is 2.88. The summed E-state index contributed by atoms with van der Waals surface area (Å²) < 4.78 is 21.5. The molecule has 0 saturated carbocycles. The van der Waals surface area contributed by atoms with Crippen LogP contribution >= 0.6 is 23.1 Å². The fourth-order valence-corrected chi connectivity index (χ4v) is 4.88. The number of carbonyl (C=O) groups is 1. The number of thiazole rings is 1. The standard InChI is InChI=1S/C23H19FN2O2S2/c1-15-5-4-6-17(13-15)28-11-12-29-23-26-20-10-9-16(14-21(20)30-23)25-22(27)18-7-2-3-8-19(18)24/h2-10,13-14H,11-12H2,1H3,(H,25,27). The second kappa shape index (κ2) is 9.28. The topological polar surface area (TPSA) is 51.2 Å². The summed E-state index contributed by atoms with van der Waals surface area (Å²) in [4.78, 5) is 16.9. The number of ether oxygens (including phenoxy) is 1. The fraction of sp³-hybridized carbons (Fsp3) is 0.130. The molecule has 1 aromatic heterocycles. The highest BCUT2D eigenvalue weighted by Gasteiger charge is 2.12. The molecule has 3 aromatic carbocycles. The van der Waals surface area contributed by atoms with Crippen molar-refractivity contribution in [3.8, 4) is 5.75 Å². The van der Waals surface area contributed by atoms with Gasteiger partial charge < -0.3 is 10.1 Å². The molecule has 4 aromatic rings. The van der Waals surface area contributed by atoms with Crippen molar-refractivity contribution in [2.75, 3.05) is 17.7 Å². The quantitative estimate of drug-likeness (QED) is 0.277. The van der Waals surface area contributed by atoms with Crippen LogP contribution in [-0.2, 0) is 0 Å². The van der Waals surface area contributed by atoms with Crippen LogP contribution in [0.25, 0.3) is 10.2 Å². The minimum Gasteiger partial charge on any atom is -0.493 e. The lowest BCUT2D eigenvalue weighted by atomic mass is 10.2. The number of aromatic nitrogens is 1. The van der Waals surface area contributed by atoms with E-state index in [2.05, 4.69) is 10.3 Å². The summed E-state index contributed by atoms with van der Waals surface area (Å²) in [5, 5.41) is 2.75. The van der Waals surface area contributed by atoms with Gasteiger partial charge >= 0.3 is 0 Å². The number of benzene rings is 3. The molecule has 152 valence electrons. The number of rotatable bonds is 7. The number of anilines is 1. The van der Waals surface area contributed by atoms with Crippen molar-refractivity contribution in [2.45, 2.75) is 11.3 Å². The number of amides is 1. The highest BCUT2D eigenvalue weighted by molar-refractivity contribution is 8.01. The summed E-state index contributed by atoms with van der Waals surface area (Å²) in [6.07, 6.45) is 0. The molecule has 0 unspecified atom stereocenters. The SMILES string of the molecule is Cc1cccc(OCCSc2nc3ccc(NC(=O)c4ccccc4F)cc3s2)c1. The first-order valence-electron chi connectivity index (χ1n) is 9.37. The molecule has 0 bridgehead atoms. The van der Waals surface area contributed by atoms with Crippen LogP contribution < -0.4 is 10.1 Å². The highest BCUT2D eigenvalue weighted by atomic mass is 32.2. The van der Waals surface area contributed by atoms with Gasteiger partial charge in [-0.25, -0.2) is 9.37 Å². The average Bonchev–Trinajstić information content (AvgIpc) is 3.13. The summed E-state index contributed by atoms with van der Waals surface area (Å²) in [5.74, 6) is 0.639. The van der Waals surface area contributed by atoms with E-state index in [1.165, 1.54) is 17.7 Å². The maximum atomic E-state index is 13.8. The third-order valence-electron chi connectivity index (χ3n) is 4.31. The monoisotopic (exact) mass is 438 g/mol. The summed E-state index contributed by atoms with van der Waals surface area (Å²) in [7, 11) is 0. The van der Waals surface area contributed by atoms with Gasteiger partial charge in [0.1, 0.15) is 11.6 Å². The Labute approximate surface area is 182 Å². The lowest BCUT2D eigenvalue weighted by molar-refractivity contribution is 0.102. The number of hydrogen-bond donors (Lipinski definition) is 1. The Hall–Kier alpha value is -2.90. The largest absolute Gasteiger partial charge is 0.493 e. The van der Waals surface area contributed by atoms with Crippen LogP contribution in [-0.4, -0.2) is 23.3 Å². The summed E-state index contributed by atoms with van der Waals surface area (Å²) in [5.41, 5.74) is 2.67. The van der Waals surface area contributed by atoms with E-state index < -0.39 is 11.7 Å². The predicted octanol–water partition coefficient (Wildman–Crippen LogP) is 6.17. The van der Waals surface area contributed by atoms with Gasteiger partial charge in [0.25, 0.3) is 5.91 Å². The third kappa shape index (κ3) is 4.98. The van der Waals surface area contributed by atoms with E-state index in [0.717, 1.165) is 26.1 Å². The van der Waals surface area contributed by atoms with Crippen LogP contribution in [0.4, 0.5) is 10.1 Å². The van der Waals surface area contributed by atoms with E-state index in [1.54, 1.807) is 41.3 Å². The van der Waals surface area contributed by atoms with Gasteiger partial charge in [0, 0.05) is 11.4 Å². The van der Waals surface area contributed by atoms with Crippen LogP contribution in [0.5, 0.6) is 5.75 Å². The van der Waals surface area contributed by atoms with Crippen LogP contribution in [0.2, 0.25) is 0 Å². The molecule has 0 atom stereocenters. The summed E-state index contributed by atoms with van der Waals surface area (Å²) in [6.45, 7) is 2.63. The van der Waals surface area contributed by atoms with Crippen molar-refractivity contribution in [1.82, 2.24) is 4.98 Å². The number of aryl methyl sites for hydroxylation is 1. The Kier molecular flexibility index (Phi) is 6.30. The lowest BCUT2D eigenvalue weighted by Gasteiger charge is -2.05. The van der Waals surface area contributed by atoms with E-state index in [9.17, 15) is 9.18 Å². The number of nitrogens with one attached hydrogen (secondary N) is 1. The highest BCUT2D eigenvalue weighted by Crippen LogP contribution is 2.31. The molecule has 1 N–H and O–H groups in total. The molecule has 7 heteroatoms. The number of halogens is 1. The molecular weight excluding hydrogens is 419 g/mol. The van der Waals surface area contributed by atoms with Crippen LogP contribution in [0.1, 0.15) is 15.9 Å². The zero-order valence-electron chi connectivity index (χ0n) is 16.2. The van der Waals surface area contributed by atoms with Crippen molar-refractivity contribution < 1.29 is 13.9 Å². The Bertz CT molecular complexity index is 1190. The minimum atomic E-state index is -0.541. The van der Waals surface area contributed by atoms with Crippen molar-refractivity contribution in [3.05, 3.63) is 83.7 Å². The molecule has 4 nitrogen and oxygen atoms in total. The van der Waals surface area contributed by atoms with Gasteiger partial charge in [-0.15, -0.1) is 11.3 Å². The lowest BCUT2D eigenvalue weighted by Crippen LogP contribution is -2.13. The zero-order valence-corrected chi connectivity index (χ0v) is 17.9. The van der Waals surface area contributed by atoms with E-state index in [0.29, 0.717) is 12.3 Å². The van der Waals surface area contributed by atoms with Crippen molar-refractivity contribution >= 4 is 44.9 Å². The number of carbonyl (C=O) groups excluding carboxylic acids is 1. The molecular formula is C23H19FN2O2S2. The van der Waals surface area contributed by atoms with Crippen molar-refractivity contribution in [1.29, 1.82) is 0 Å². The molecule has 0 aliphatic rings. The van der Waals surface area contributed by atoms with Crippen molar-refractivity contribution in [2.24, 2.45) is 0 Å². The molecule has 30 heavy (non-hydrogen) atoms. The van der Waals surface area contributed by atoms with E-state index in [1.807, 2.05) is 43.3 Å². The Balaban J connectivity index is 1.36. The Morgan fingerprint density at radius 1 is 1.13 bits per heavy atom. The normalized spacial score (nSPS) is 10.9. The van der Waals surface area contributed by atoms with Crippen molar-refractivity contribution in [3.63, 3.8) is 0 Å². The number of nitrogens with zero attached hydrogens (tertiary/aromatic N) is 1. The summed E-state index contributed by atoms with van der Waals surface area (Å²) >= 11 is 3.19. The van der Waals surface area contributed by atoms with Gasteiger partial charge in [0.05, 0.1) is 22.4 Å². The van der Waals surface area contributed by atoms with Crippen LogP contribution in [0.3, 0.4) is 0 Å².